The van der Waals surface area contributed by atoms with E-state index in [2.05, 4.69) is 4.90 Å². The van der Waals surface area contributed by atoms with Gasteiger partial charge >= 0.3 is 0 Å². The van der Waals surface area contributed by atoms with E-state index >= 15 is 0 Å². The van der Waals surface area contributed by atoms with Crippen LogP contribution in [0.1, 0.15) is 25.7 Å². The van der Waals surface area contributed by atoms with Gasteiger partial charge in [0.05, 0.1) is 6.61 Å². The highest BCUT2D eigenvalue weighted by Crippen LogP contribution is 2.32. The summed E-state index contributed by atoms with van der Waals surface area (Å²) in [7, 11) is 0. The fourth-order valence-electron chi connectivity index (χ4n) is 2.58. The molecule has 5 heteroatoms. The maximum Gasteiger partial charge on any atom is 0.224 e. The van der Waals surface area contributed by atoms with Crippen LogP contribution in [0.5, 0.6) is 0 Å². The minimum Gasteiger partial charge on any atom is -0.395 e. The Bertz CT molecular complexity index is 271. The molecule has 1 saturated heterocycles. The lowest BCUT2D eigenvalue weighted by atomic mass is 9.75. The van der Waals surface area contributed by atoms with Crippen molar-refractivity contribution in [3.63, 3.8) is 0 Å². The number of rotatable bonds is 4. The molecule has 0 unspecified atom stereocenters. The molecule has 1 amide bonds. The Morgan fingerprint density at radius 3 is 2.35 bits per heavy atom. The molecule has 1 aliphatic heterocycles. The number of hydrogen-bond acceptors (Lipinski definition) is 4. The van der Waals surface area contributed by atoms with Gasteiger partial charge in [-0.1, -0.05) is 0 Å². The van der Waals surface area contributed by atoms with Crippen molar-refractivity contribution in [1.29, 1.82) is 0 Å². The van der Waals surface area contributed by atoms with Crippen LogP contribution in [-0.2, 0) is 4.79 Å². The van der Waals surface area contributed by atoms with Crippen LogP contribution < -0.4 is 5.73 Å². The average molecular weight is 241 g/mol. The zero-order valence-corrected chi connectivity index (χ0v) is 10.4. The van der Waals surface area contributed by atoms with E-state index in [0.717, 1.165) is 45.4 Å². The largest absolute Gasteiger partial charge is 0.395 e. The van der Waals surface area contributed by atoms with Crippen LogP contribution in [0, 0.1) is 0 Å². The van der Waals surface area contributed by atoms with Crippen LogP contribution >= 0.6 is 0 Å². The molecule has 0 aromatic carbocycles. The smallest absolute Gasteiger partial charge is 0.224 e. The lowest BCUT2D eigenvalue weighted by molar-refractivity contribution is -0.135. The summed E-state index contributed by atoms with van der Waals surface area (Å²) in [5.41, 5.74) is 5.89. The maximum atomic E-state index is 12.0. The Morgan fingerprint density at radius 2 is 1.88 bits per heavy atom. The Kier molecular flexibility index (Phi) is 4.01. The Balaban J connectivity index is 1.74. The van der Waals surface area contributed by atoms with Crippen molar-refractivity contribution < 1.29 is 9.90 Å². The first-order valence-electron chi connectivity index (χ1n) is 6.53. The van der Waals surface area contributed by atoms with E-state index in [1.807, 2.05) is 4.90 Å². The number of aliphatic hydroxyl groups excluding tert-OH is 1. The number of piperazine rings is 1. The molecule has 0 aromatic heterocycles. The maximum absolute atomic E-state index is 12.0. The van der Waals surface area contributed by atoms with Gasteiger partial charge in [0.25, 0.3) is 0 Å². The third-order valence-corrected chi connectivity index (χ3v) is 3.99. The topological polar surface area (TPSA) is 69.8 Å². The molecule has 1 saturated carbocycles. The molecule has 2 fully saturated rings. The Hall–Kier alpha value is -0.650. The van der Waals surface area contributed by atoms with Crippen molar-refractivity contribution in [2.45, 2.75) is 31.2 Å². The molecule has 98 valence electrons. The van der Waals surface area contributed by atoms with Gasteiger partial charge in [-0.25, -0.2) is 0 Å². The van der Waals surface area contributed by atoms with E-state index in [4.69, 9.17) is 10.8 Å². The van der Waals surface area contributed by atoms with Gasteiger partial charge in [0.2, 0.25) is 5.91 Å². The summed E-state index contributed by atoms with van der Waals surface area (Å²) >= 11 is 0. The Labute approximate surface area is 103 Å². The molecular weight excluding hydrogens is 218 g/mol. The molecule has 1 aliphatic carbocycles. The first kappa shape index (κ1) is 12.8. The molecule has 17 heavy (non-hydrogen) atoms. The Morgan fingerprint density at radius 1 is 1.24 bits per heavy atom. The van der Waals surface area contributed by atoms with E-state index in [0.29, 0.717) is 13.0 Å². The molecule has 3 N–H and O–H groups in total. The van der Waals surface area contributed by atoms with Crippen LogP contribution in [0.2, 0.25) is 0 Å². The van der Waals surface area contributed by atoms with Crippen molar-refractivity contribution in [2.75, 3.05) is 39.3 Å². The van der Waals surface area contributed by atoms with Crippen LogP contribution in [0.4, 0.5) is 0 Å². The van der Waals surface area contributed by atoms with Crippen LogP contribution in [0.15, 0.2) is 0 Å². The number of hydrogen-bond donors (Lipinski definition) is 2. The van der Waals surface area contributed by atoms with Gasteiger partial charge in [0, 0.05) is 44.7 Å². The van der Waals surface area contributed by atoms with Crippen molar-refractivity contribution in [3.8, 4) is 0 Å². The molecule has 1 heterocycles. The van der Waals surface area contributed by atoms with Gasteiger partial charge in [-0.15, -0.1) is 0 Å². The standard InChI is InChI=1S/C12H23N3O2/c13-12(2-1-3-12)10-11(17)15-6-4-14(5-7-15)8-9-16/h16H,1-10,13H2. The first-order chi connectivity index (χ1) is 8.13. The fourth-order valence-corrected chi connectivity index (χ4v) is 2.58. The number of aliphatic hydroxyl groups is 1. The number of amides is 1. The van der Waals surface area contributed by atoms with Crippen molar-refractivity contribution in [1.82, 2.24) is 9.80 Å². The molecule has 0 atom stereocenters. The minimum atomic E-state index is -0.209. The van der Waals surface area contributed by atoms with Crippen molar-refractivity contribution >= 4 is 5.91 Å². The van der Waals surface area contributed by atoms with Gasteiger partial charge in [0.1, 0.15) is 0 Å². The summed E-state index contributed by atoms with van der Waals surface area (Å²) in [6.45, 7) is 4.18. The van der Waals surface area contributed by atoms with E-state index in [-0.39, 0.29) is 18.1 Å². The lowest BCUT2D eigenvalue weighted by Crippen LogP contribution is -2.54. The third-order valence-electron chi connectivity index (χ3n) is 3.99. The average Bonchev–Trinajstić information content (AvgIpc) is 2.28. The van der Waals surface area contributed by atoms with E-state index in [1.165, 1.54) is 0 Å². The molecule has 2 aliphatic rings. The molecule has 5 nitrogen and oxygen atoms in total. The van der Waals surface area contributed by atoms with Gasteiger partial charge in [-0.3, -0.25) is 9.69 Å². The summed E-state index contributed by atoms with van der Waals surface area (Å²) < 4.78 is 0. The highest BCUT2D eigenvalue weighted by Gasteiger charge is 2.36. The second kappa shape index (κ2) is 5.33. The second-order valence-corrected chi connectivity index (χ2v) is 5.34. The highest BCUT2D eigenvalue weighted by molar-refractivity contribution is 5.77. The van der Waals surface area contributed by atoms with E-state index in [1.54, 1.807) is 0 Å². The molecule has 0 bridgehead atoms. The molecule has 0 radical (unpaired) electrons. The van der Waals surface area contributed by atoms with Crippen molar-refractivity contribution in [2.24, 2.45) is 5.73 Å². The van der Waals surface area contributed by atoms with E-state index in [9.17, 15) is 4.79 Å². The summed E-state index contributed by atoms with van der Waals surface area (Å²) in [5, 5.41) is 8.85. The van der Waals surface area contributed by atoms with E-state index < -0.39 is 0 Å². The quantitative estimate of drug-likeness (QED) is 0.689. The minimum absolute atomic E-state index is 0.194. The lowest BCUT2D eigenvalue weighted by Gasteiger charge is -2.40. The predicted molar refractivity (Wildman–Crippen MR) is 65.5 cm³/mol. The van der Waals surface area contributed by atoms with Crippen LogP contribution in [0.3, 0.4) is 0 Å². The zero-order valence-electron chi connectivity index (χ0n) is 10.4. The molecule has 0 spiro atoms. The van der Waals surface area contributed by atoms with Gasteiger partial charge in [-0.05, 0) is 19.3 Å². The van der Waals surface area contributed by atoms with Crippen LogP contribution in [0.25, 0.3) is 0 Å². The number of nitrogens with two attached hydrogens (primary N) is 1. The molecule has 2 rings (SSSR count). The highest BCUT2D eigenvalue weighted by atomic mass is 16.3. The molecule has 0 aromatic rings. The zero-order chi connectivity index (χ0) is 12.3. The summed E-state index contributed by atoms with van der Waals surface area (Å²) in [4.78, 5) is 16.2. The number of nitrogens with zero attached hydrogens (tertiary/aromatic N) is 2. The predicted octanol–water partition coefficient (Wildman–Crippen LogP) is -0.606. The SMILES string of the molecule is NC1(CC(=O)N2CCN(CCO)CC2)CCC1. The van der Waals surface area contributed by atoms with Gasteiger partial charge in [0.15, 0.2) is 0 Å². The monoisotopic (exact) mass is 241 g/mol. The van der Waals surface area contributed by atoms with Gasteiger partial charge < -0.3 is 15.7 Å². The number of carbonyl (C=O) groups is 1. The number of β-amino-alcohol motifs (C(OH)–C–C–N with tert-alkyl or cyclic N) is 1. The number of carbonyl (C=O) groups excluding carboxylic acids is 1. The first-order valence-corrected chi connectivity index (χ1v) is 6.53. The molecular formula is C12H23N3O2. The fraction of sp³-hybridized carbons (Fsp3) is 0.917. The summed E-state index contributed by atoms with van der Waals surface area (Å²) in [6, 6.07) is 0. The summed E-state index contributed by atoms with van der Waals surface area (Å²) in [5.74, 6) is 0.204. The third kappa shape index (κ3) is 3.18. The van der Waals surface area contributed by atoms with Gasteiger partial charge in [-0.2, -0.15) is 0 Å². The normalized spacial score (nSPS) is 24.5. The summed E-state index contributed by atoms with van der Waals surface area (Å²) in [6.07, 6.45) is 3.65. The second-order valence-electron chi connectivity index (χ2n) is 5.34. The van der Waals surface area contributed by atoms with Crippen LogP contribution in [-0.4, -0.2) is 65.7 Å². The van der Waals surface area contributed by atoms with Crippen molar-refractivity contribution in [3.05, 3.63) is 0 Å².